The van der Waals surface area contributed by atoms with Crippen molar-refractivity contribution in [3.05, 3.63) is 97.8 Å². The van der Waals surface area contributed by atoms with Gasteiger partial charge in [-0.15, -0.1) is 0 Å². The number of imide groups is 1. The van der Waals surface area contributed by atoms with E-state index in [-0.39, 0.29) is 24.3 Å². The van der Waals surface area contributed by atoms with Crippen LogP contribution in [-0.4, -0.2) is 22.7 Å². The zero-order valence-electron chi connectivity index (χ0n) is 18.3. The molecule has 1 aliphatic heterocycles. The number of thioether (sulfide) groups is 1. The van der Waals surface area contributed by atoms with Crippen molar-refractivity contribution in [1.82, 2.24) is 4.90 Å². The molecule has 0 bridgehead atoms. The van der Waals surface area contributed by atoms with E-state index in [1.807, 2.05) is 67.6 Å². The summed E-state index contributed by atoms with van der Waals surface area (Å²) in [6, 6.07) is 20.5. The summed E-state index contributed by atoms with van der Waals surface area (Å²) < 4.78 is 12.5. The van der Waals surface area contributed by atoms with E-state index in [0.717, 1.165) is 22.9 Å². The molecule has 8 heteroatoms. The van der Waals surface area contributed by atoms with E-state index < -0.39 is 0 Å². The molecule has 1 aliphatic rings. The fraction of sp³-hybridized carbons (Fsp3) is 0.154. The van der Waals surface area contributed by atoms with Crippen LogP contribution in [0.25, 0.3) is 6.08 Å². The Balaban J connectivity index is 1.56. The van der Waals surface area contributed by atoms with Gasteiger partial charge in [0.05, 0.1) is 22.5 Å². The normalized spacial score (nSPS) is 14.7. The number of benzene rings is 3. The third kappa shape index (κ3) is 5.66. The molecule has 2 amide bonds. The van der Waals surface area contributed by atoms with Crippen LogP contribution in [0.3, 0.4) is 0 Å². The first-order valence-electron chi connectivity index (χ1n) is 10.6. The van der Waals surface area contributed by atoms with Gasteiger partial charge in [0, 0.05) is 10.6 Å². The Kier molecular flexibility index (Phi) is 7.98. The monoisotopic (exact) mass is 557 g/mol. The molecule has 0 unspecified atom stereocenters. The van der Waals surface area contributed by atoms with Crippen LogP contribution in [0.5, 0.6) is 11.5 Å². The maximum atomic E-state index is 12.9. The molecule has 0 N–H and O–H groups in total. The van der Waals surface area contributed by atoms with Crippen LogP contribution in [0.4, 0.5) is 4.79 Å². The van der Waals surface area contributed by atoms with Crippen molar-refractivity contribution >= 4 is 56.5 Å². The van der Waals surface area contributed by atoms with Gasteiger partial charge in [-0.2, -0.15) is 0 Å². The van der Waals surface area contributed by atoms with Crippen molar-refractivity contribution in [2.45, 2.75) is 20.1 Å². The molecule has 0 saturated carbocycles. The second-order valence-electron chi connectivity index (χ2n) is 7.40. The molecule has 34 heavy (non-hydrogen) atoms. The Labute approximate surface area is 215 Å². The minimum absolute atomic E-state index is 0.242. The van der Waals surface area contributed by atoms with Gasteiger partial charge in [0.1, 0.15) is 6.61 Å². The van der Waals surface area contributed by atoms with Crippen LogP contribution in [0.15, 0.2) is 76.1 Å². The van der Waals surface area contributed by atoms with Gasteiger partial charge in [0.25, 0.3) is 11.1 Å². The van der Waals surface area contributed by atoms with Gasteiger partial charge in [0.15, 0.2) is 11.5 Å². The second-order valence-corrected chi connectivity index (χ2v) is 9.65. The highest BCUT2D eigenvalue weighted by Gasteiger charge is 2.35. The molecule has 1 fully saturated rings. The Morgan fingerprint density at radius 2 is 1.76 bits per heavy atom. The molecule has 0 atom stereocenters. The predicted octanol–water partition coefficient (Wildman–Crippen LogP) is 7.32. The van der Waals surface area contributed by atoms with Crippen LogP contribution < -0.4 is 9.47 Å². The van der Waals surface area contributed by atoms with E-state index in [9.17, 15) is 9.59 Å². The van der Waals surface area contributed by atoms with E-state index in [1.165, 1.54) is 4.90 Å². The molecular weight excluding hydrogens is 538 g/mol. The molecule has 4 rings (SSSR count). The third-order valence-corrected chi connectivity index (χ3v) is 6.88. The lowest BCUT2D eigenvalue weighted by Gasteiger charge is -2.15. The van der Waals surface area contributed by atoms with E-state index in [1.54, 1.807) is 12.1 Å². The minimum atomic E-state index is -0.313. The number of carbonyl (C=O) groups excluding carboxylic acids is 2. The summed E-state index contributed by atoms with van der Waals surface area (Å²) in [5.41, 5.74) is 2.47. The minimum Gasteiger partial charge on any atom is -0.490 e. The van der Waals surface area contributed by atoms with Gasteiger partial charge < -0.3 is 9.47 Å². The molecule has 1 saturated heterocycles. The number of ether oxygens (including phenoxy) is 2. The van der Waals surface area contributed by atoms with Crippen molar-refractivity contribution in [2.24, 2.45) is 0 Å². The zero-order chi connectivity index (χ0) is 24.1. The average Bonchev–Trinajstić information content (AvgIpc) is 3.08. The van der Waals surface area contributed by atoms with Crippen molar-refractivity contribution in [3.8, 4) is 11.5 Å². The fourth-order valence-corrected chi connectivity index (χ4v) is 5.00. The number of carbonyl (C=O) groups is 2. The predicted molar refractivity (Wildman–Crippen MR) is 139 cm³/mol. The van der Waals surface area contributed by atoms with Gasteiger partial charge in [0.2, 0.25) is 0 Å². The Morgan fingerprint density at radius 1 is 1.03 bits per heavy atom. The summed E-state index contributed by atoms with van der Waals surface area (Å²) in [4.78, 5) is 27.0. The highest BCUT2D eigenvalue weighted by molar-refractivity contribution is 9.10. The summed E-state index contributed by atoms with van der Waals surface area (Å²) in [5, 5.41) is 0.336. The molecule has 1 heterocycles. The van der Waals surface area contributed by atoms with Crippen molar-refractivity contribution in [3.63, 3.8) is 0 Å². The largest absolute Gasteiger partial charge is 0.490 e. The van der Waals surface area contributed by atoms with E-state index in [2.05, 4.69) is 15.9 Å². The Morgan fingerprint density at radius 3 is 2.50 bits per heavy atom. The topological polar surface area (TPSA) is 55.8 Å². The Hall–Kier alpha value is -2.74. The molecule has 0 radical (unpaired) electrons. The van der Waals surface area contributed by atoms with Crippen LogP contribution in [-0.2, 0) is 17.9 Å². The quantitative estimate of drug-likeness (QED) is 0.271. The molecule has 3 aromatic rings. The van der Waals surface area contributed by atoms with Crippen molar-refractivity contribution < 1.29 is 19.1 Å². The highest BCUT2D eigenvalue weighted by Crippen LogP contribution is 2.40. The lowest BCUT2D eigenvalue weighted by molar-refractivity contribution is -0.123. The second kappa shape index (κ2) is 11.1. The number of hydrogen-bond acceptors (Lipinski definition) is 5. The first-order chi connectivity index (χ1) is 16.5. The van der Waals surface area contributed by atoms with Crippen molar-refractivity contribution in [1.29, 1.82) is 0 Å². The lowest BCUT2D eigenvalue weighted by Crippen LogP contribution is -2.27. The van der Waals surface area contributed by atoms with E-state index in [4.69, 9.17) is 21.1 Å². The molecule has 174 valence electrons. The van der Waals surface area contributed by atoms with Gasteiger partial charge in [-0.05, 0) is 70.0 Å². The van der Waals surface area contributed by atoms with E-state index in [0.29, 0.717) is 38.1 Å². The standard InChI is InChI=1S/C26H21BrClNO4S/c1-2-32-22-13-18(12-20(27)24(22)33-16-19-10-6-7-11-21(19)28)14-23-25(30)29(26(31)34-23)15-17-8-4-3-5-9-17/h3-14H,2,15-16H2,1H3/b23-14+. The summed E-state index contributed by atoms with van der Waals surface area (Å²) in [6.07, 6.45) is 1.70. The first-order valence-corrected chi connectivity index (χ1v) is 12.6. The van der Waals surface area contributed by atoms with Crippen LogP contribution >= 0.6 is 39.3 Å². The summed E-state index contributed by atoms with van der Waals surface area (Å²) in [5.74, 6) is 0.752. The zero-order valence-corrected chi connectivity index (χ0v) is 21.5. The van der Waals surface area contributed by atoms with E-state index >= 15 is 0 Å². The smallest absolute Gasteiger partial charge is 0.293 e. The number of halogens is 2. The molecule has 3 aromatic carbocycles. The fourth-order valence-electron chi connectivity index (χ4n) is 3.39. The van der Waals surface area contributed by atoms with Crippen LogP contribution in [0.2, 0.25) is 5.02 Å². The van der Waals surface area contributed by atoms with Crippen molar-refractivity contribution in [2.75, 3.05) is 6.61 Å². The summed E-state index contributed by atoms with van der Waals surface area (Å²) in [7, 11) is 0. The number of hydrogen-bond donors (Lipinski definition) is 0. The van der Waals surface area contributed by atoms with Gasteiger partial charge in [-0.25, -0.2) is 0 Å². The maximum Gasteiger partial charge on any atom is 0.293 e. The first kappa shape index (κ1) is 24.4. The third-order valence-electron chi connectivity index (χ3n) is 5.02. The summed E-state index contributed by atoms with van der Waals surface area (Å²) in [6.45, 7) is 2.83. The number of amides is 2. The SMILES string of the molecule is CCOc1cc(/C=C2/SC(=O)N(Cc3ccccc3)C2=O)cc(Br)c1OCc1ccccc1Cl. The highest BCUT2D eigenvalue weighted by atomic mass is 79.9. The molecule has 5 nitrogen and oxygen atoms in total. The average molecular weight is 559 g/mol. The summed E-state index contributed by atoms with van der Waals surface area (Å²) >= 11 is 10.7. The maximum absolute atomic E-state index is 12.9. The molecule has 0 aliphatic carbocycles. The number of rotatable bonds is 8. The van der Waals surface area contributed by atoms with Gasteiger partial charge in [-0.1, -0.05) is 60.1 Å². The molecule has 0 spiro atoms. The molecule has 0 aromatic heterocycles. The molecular formula is C26H21BrClNO4S. The lowest BCUT2D eigenvalue weighted by atomic mass is 10.1. The van der Waals surface area contributed by atoms with Crippen LogP contribution in [0.1, 0.15) is 23.6 Å². The van der Waals surface area contributed by atoms with Gasteiger partial charge >= 0.3 is 0 Å². The Bertz CT molecular complexity index is 1250. The van der Waals surface area contributed by atoms with Crippen LogP contribution in [0, 0.1) is 0 Å². The number of nitrogens with zero attached hydrogens (tertiary/aromatic N) is 1. The van der Waals surface area contributed by atoms with Gasteiger partial charge in [-0.3, -0.25) is 14.5 Å².